The van der Waals surface area contributed by atoms with E-state index in [1.165, 1.54) is 0 Å². The van der Waals surface area contributed by atoms with Crippen LogP contribution < -0.4 is 16.4 Å². The maximum Gasteiger partial charge on any atom is 0.325 e. The van der Waals surface area contributed by atoms with Crippen molar-refractivity contribution in [3.63, 3.8) is 0 Å². The lowest BCUT2D eigenvalue weighted by atomic mass is 9.96. The normalized spacial score (nSPS) is 21.0. The number of rotatable bonds is 6. The number of aromatic nitrogens is 3. The van der Waals surface area contributed by atoms with Gasteiger partial charge in [-0.05, 0) is 49.9 Å². The van der Waals surface area contributed by atoms with E-state index in [2.05, 4.69) is 25.8 Å². The van der Waals surface area contributed by atoms with Gasteiger partial charge in [-0.3, -0.25) is 19.6 Å². The Kier molecular flexibility index (Phi) is 5.58. The SMILES string of the molecule is CC1(C2CC2)NC(=O)N(CC(=O)Nc2ccc(-c3n[nH]c(CN)n3)cc2)C1=O.Cl. The van der Waals surface area contributed by atoms with Gasteiger partial charge in [0.05, 0.1) is 6.54 Å². The first kappa shape index (κ1) is 20.7. The molecule has 1 atom stereocenters. The Hall–Kier alpha value is -2.98. The summed E-state index contributed by atoms with van der Waals surface area (Å²) in [5, 5.41) is 12.2. The topological polar surface area (TPSA) is 146 Å². The van der Waals surface area contributed by atoms with Crippen LogP contribution in [0.3, 0.4) is 0 Å². The molecule has 0 radical (unpaired) electrons. The molecule has 0 bridgehead atoms. The number of aromatic amines is 1. The fraction of sp³-hybridized carbons (Fsp3) is 0.389. The summed E-state index contributed by atoms with van der Waals surface area (Å²) in [5.74, 6) is 0.460. The van der Waals surface area contributed by atoms with Crippen molar-refractivity contribution in [3.05, 3.63) is 30.1 Å². The van der Waals surface area contributed by atoms with Gasteiger partial charge in [-0.25, -0.2) is 9.78 Å². The minimum Gasteiger partial charge on any atom is -0.325 e. The molecular weight excluding hydrogens is 398 g/mol. The largest absolute Gasteiger partial charge is 0.325 e. The van der Waals surface area contributed by atoms with Crippen molar-refractivity contribution in [2.45, 2.75) is 31.8 Å². The van der Waals surface area contributed by atoms with Crippen LogP contribution in [0.2, 0.25) is 0 Å². The van der Waals surface area contributed by atoms with Gasteiger partial charge < -0.3 is 16.4 Å². The van der Waals surface area contributed by atoms with E-state index in [0.717, 1.165) is 23.3 Å². The Morgan fingerprint density at radius 1 is 1.31 bits per heavy atom. The zero-order valence-corrected chi connectivity index (χ0v) is 16.6. The van der Waals surface area contributed by atoms with Crippen LogP contribution in [-0.4, -0.2) is 50.0 Å². The molecular formula is C18H22ClN7O3. The highest BCUT2D eigenvalue weighted by molar-refractivity contribution is 6.10. The minimum atomic E-state index is -0.891. The van der Waals surface area contributed by atoms with E-state index in [1.54, 1.807) is 31.2 Å². The average Bonchev–Trinajstić information content (AvgIpc) is 3.39. The van der Waals surface area contributed by atoms with Crippen molar-refractivity contribution in [3.8, 4) is 11.4 Å². The molecule has 10 nitrogen and oxygen atoms in total. The van der Waals surface area contributed by atoms with Gasteiger partial charge in [0.2, 0.25) is 5.91 Å². The lowest BCUT2D eigenvalue weighted by molar-refractivity contribution is -0.134. The standard InChI is InChI=1S/C18H21N7O3.ClH/c1-18(11-4-5-11)16(27)25(17(28)22-18)9-14(26)20-12-6-2-10(3-7-12)15-21-13(8-19)23-24-15;/h2-3,6-7,11H,4-5,8-9,19H2,1H3,(H,20,26)(H,22,28)(H,21,23,24);1H. The number of nitrogens with zero attached hydrogens (tertiary/aromatic N) is 3. The van der Waals surface area contributed by atoms with E-state index >= 15 is 0 Å². The summed E-state index contributed by atoms with van der Waals surface area (Å²) in [7, 11) is 0. The molecule has 4 rings (SSSR count). The smallest absolute Gasteiger partial charge is 0.325 e. The number of imide groups is 1. The van der Waals surface area contributed by atoms with Gasteiger partial charge in [-0.1, -0.05) is 0 Å². The lowest BCUT2D eigenvalue weighted by Gasteiger charge is -2.20. The lowest BCUT2D eigenvalue weighted by Crippen LogP contribution is -2.46. The fourth-order valence-corrected chi connectivity index (χ4v) is 3.36. The van der Waals surface area contributed by atoms with Gasteiger partial charge in [-0.15, -0.1) is 12.4 Å². The Labute approximate surface area is 173 Å². The zero-order chi connectivity index (χ0) is 19.9. The molecule has 5 N–H and O–H groups in total. The van der Waals surface area contributed by atoms with Gasteiger partial charge in [0.25, 0.3) is 5.91 Å². The van der Waals surface area contributed by atoms with Crippen LogP contribution in [0.1, 0.15) is 25.6 Å². The van der Waals surface area contributed by atoms with Crippen LogP contribution in [-0.2, 0) is 16.1 Å². The molecule has 1 aromatic heterocycles. The summed E-state index contributed by atoms with van der Waals surface area (Å²) in [6.45, 7) is 1.67. The van der Waals surface area contributed by atoms with Crippen LogP contribution in [0.5, 0.6) is 0 Å². The molecule has 1 aliphatic heterocycles. The molecule has 1 saturated carbocycles. The highest BCUT2D eigenvalue weighted by Crippen LogP contribution is 2.42. The third-order valence-corrected chi connectivity index (χ3v) is 5.15. The molecule has 154 valence electrons. The Morgan fingerprint density at radius 3 is 2.59 bits per heavy atom. The van der Waals surface area contributed by atoms with Crippen molar-refractivity contribution in [1.29, 1.82) is 0 Å². The quantitative estimate of drug-likeness (QED) is 0.514. The zero-order valence-electron chi connectivity index (χ0n) is 15.8. The maximum absolute atomic E-state index is 12.6. The van der Waals surface area contributed by atoms with Gasteiger partial charge in [0, 0.05) is 11.3 Å². The molecule has 4 amide bonds. The van der Waals surface area contributed by atoms with Crippen LogP contribution in [0.4, 0.5) is 10.5 Å². The first-order chi connectivity index (χ1) is 13.4. The number of hydrogen-bond donors (Lipinski definition) is 4. The van der Waals surface area contributed by atoms with Crippen LogP contribution in [0.25, 0.3) is 11.4 Å². The van der Waals surface area contributed by atoms with Gasteiger partial charge in [0.1, 0.15) is 17.9 Å². The van der Waals surface area contributed by atoms with E-state index < -0.39 is 17.5 Å². The first-order valence-corrected chi connectivity index (χ1v) is 9.06. The van der Waals surface area contributed by atoms with Gasteiger partial charge >= 0.3 is 6.03 Å². The fourth-order valence-electron chi connectivity index (χ4n) is 3.36. The number of hydrogen-bond acceptors (Lipinski definition) is 6. The predicted molar refractivity (Wildman–Crippen MR) is 107 cm³/mol. The number of nitrogens with two attached hydrogens (primary N) is 1. The average molecular weight is 420 g/mol. The van der Waals surface area contributed by atoms with Crippen LogP contribution in [0.15, 0.2) is 24.3 Å². The summed E-state index contributed by atoms with van der Waals surface area (Å²) in [5.41, 5.74) is 5.92. The third kappa shape index (κ3) is 3.94. The second kappa shape index (κ2) is 7.80. The number of benzene rings is 1. The number of nitrogens with one attached hydrogen (secondary N) is 3. The Balaban J connectivity index is 0.00000240. The van der Waals surface area contributed by atoms with Crippen molar-refractivity contribution in [2.75, 3.05) is 11.9 Å². The Morgan fingerprint density at radius 2 is 2.00 bits per heavy atom. The number of amides is 4. The number of carbonyl (C=O) groups excluding carboxylic acids is 3. The molecule has 1 aliphatic carbocycles. The molecule has 0 spiro atoms. The first-order valence-electron chi connectivity index (χ1n) is 9.06. The predicted octanol–water partition coefficient (Wildman–Crippen LogP) is 1.01. The molecule has 2 heterocycles. The summed E-state index contributed by atoms with van der Waals surface area (Å²) in [4.78, 5) is 42.2. The molecule has 1 aromatic carbocycles. The number of urea groups is 1. The molecule has 2 fully saturated rings. The summed E-state index contributed by atoms with van der Waals surface area (Å²) in [6, 6.07) is 6.40. The molecule has 2 aliphatic rings. The van der Waals surface area contributed by atoms with Crippen LogP contribution >= 0.6 is 12.4 Å². The minimum absolute atomic E-state index is 0. The maximum atomic E-state index is 12.6. The number of carbonyl (C=O) groups is 3. The molecule has 1 unspecified atom stereocenters. The molecule has 1 saturated heterocycles. The monoisotopic (exact) mass is 419 g/mol. The number of H-pyrrole nitrogens is 1. The summed E-state index contributed by atoms with van der Waals surface area (Å²) < 4.78 is 0. The van der Waals surface area contributed by atoms with Gasteiger partial charge in [-0.2, -0.15) is 5.10 Å². The second-order valence-electron chi connectivity index (χ2n) is 7.23. The van der Waals surface area contributed by atoms with E-state index in [4.69, 9.17) is 5.73 Å². The van der Waals surface area contributed by atoms with Gasteiger partial charge in [0.15, 0.2) is 5.82 Å². The van der Waals surface area contributed by atoms with Crippen molar-refractivity contribution in [2.24, 2.45) is 11.7 Å². The van der Waals surface area contributed by atoms with Crippen molar-refractivity contribution < 1.29 is 14.4 Å². The van der Waals surface area contributed by atoms with E-state index in [1.807, 2.05) is 0 Å². The summed E-state index contributed by atoms with van der Waals surface area (Å²) >= 11 is 0. The summed E-state index contributed by atoms with van der Waals surface area (Å²) in [6.07, 6.45) is 1.82. The molecule has 29 heavy (non-hydrogen) atoms. The van der Waals surface area contributed by atoms with E-state index in [9.17, 15) is 14.4 Å². The number of anilines is 1. The third-order valence-electron chi connectivity index (χ3n) is 5.15. The highest BCUT2D eigenvalue weighted by Gasteiger charge is 2.56. The van der Waals surface area contributed by atoms with E-state index in [-0.39, 0.29) is 37.3 Å². The van der Waals surface area contributed by atoms with E-state index in [0.29, 0.717) is 17.3 Å². The van der Waals surface area contributed by atoms with Crippen molar-refractivity contribution in [1.82, 2.24) is 25.4 Å². The molecule has 11 heteroatoms. The van der Waals surface area contributed by atoms with Crippen molar-refractivity contribution >= 4 is 35.9 Å². The van der Waals surface area contributed by atoms with Crippen LogP contribution in [0, 0.1) is 5.92 Å². The number of halogens is 1. The highest BCUT2D eigenvalue weighted by atomic mass is 35.5. The molecule has 2 aromatic rings. The Bertz CT molecular complexity index is 941. The second-order valence-corrected chi connectivity index (χ2v) is 7.23.